The molecule has 2 heteroatoms. The van der Waals surface area contributed by atoms with Gasteiger partial charge in [0.25, 0.3) is 0 Å². The minimum atomic E-state index is -0.662. The van der Waals surface area contributed by atoms with Gasteiger partial charge >= 0.3 is 0 Å². The highest BCUT2D eigenvalue weighted by Crippen LogP contribution is 2.59. The Morgan fingerprint density at radius 1 is 0.284 bits per heavy atom. The van der Waals surface area contributed by atoms with Crippen molar-refractivity contribution in [2.45, 2.75) is 30.1 Å². The predicted octanol–water partition coefficient (Wildman–Crippen LogP) is 16.3. The lowest BCUT2D eigenvalue weighted by Gasteiger charge is -2.42. The average molecular weight is 858 g/mol. The van der Waals surface area contributed by atoms with E-state index in [1.54, 1.807) is 0 Å². The fourth-order valence-corrected chi connectivity index (χ4v) is 12.2. The molecular weight excluding hydrogens is 811 g/mol. The van der Waals surface area contributed by atoms with Crippen LogP contribution in [-0.4, -0.2) is 0 Å². The van der Waals surface area contributed by atoms with Gasteiger partial charge in [0.1, 0.15) is 11.5 Å². The number of benzene rings is 10. The summed E-state index contributed by atoms with van der Waals surface area (Å²) in [6.45, 7) is 4.73. The Hall–Kier alpha value is -8.20. The maximum absolute atomic E-state index is 6.91. The zero-order valence-electron chi connectivity index (χ0n) is 37.5. The highest BCUT2D eigenvalue weighted by Gasteiger charge is 2.47. The molecule has 67 heavy (non-hydrogen) atoms. The molecular formula is C65H47NO. The van der Waals surface area contributed by atoms with Gasteiger partial charge < -0.3 is 9.64 Å². The molecule has 0 unspecified atom stereocenters. The van der Waals surface area contributed by atoms with Crippen molar-refractivity contribution in [3.63, 3.8) is 0 Å². The van der Waals surface area contributed by atoms with E-state index < -0.39 is 10.8 Å². The van der Waals surface area contributed by atoms with Crippen molar-refractivity contribution >= 4 is 17.1 Å². The third kappa shape index (κ3) is 5.57. The van der Waals surface area contributed by atoms with E-state index in [4.69, 9.17) is 4.74 Å². The fraction of sp³-hybridized carbons (Fsp3) is 0.0769. The first kappa shape index (κ1) is 39.2. The summed E-state index contributed by atoms with van der Waals surface area (Å²) in [7, 11) is 0. The molecule has 2 aliphatic carbocycles. The van der Waals surface area contributed by atoms with Crippen LogP contribution in [0, 0.1) is 0 Å². The third-order valence-corrected chi connectivity index (χ3v) is 15.1. The van der Waals surface area contributed by atoms with Gasteiger partial charge in [0.2, 0.25) is 0 Å². The highest BCUT2D eigenvalue weighted by molar-refractivity contribution is 5.89. The predicted molar refractivity (Wildman–Crippen MR) is 274 cm³/mol. The van der Waals surface area contributed by atoms with E-state index in [1.807, 2.05) is 0 Å². The molecule has 0 saturated carbocycles. The quantitative estimate of drug-likeness (QED) is 0.158. The summed E-state index contributed by atoms with van der Waals surface area (Å²) in [5.41, 5.74) is 19.4. The first-order valence-electron chi connectivity index (χ1n) is 23.4. The lowest BCUT2D eigenvalue weighted by molar-refractivity contribution is 0.434. The summed E-state index contributed by atoms with van der Waals surface area (Å²) in [6, 6.07) is 91.7. The number of rotatable bonds is 7. The van der Waals surface area contributed by atoms with Crippen molar-refractivity contribution in [3.05, 3.63) is 304 Å². The number of ether oxygens (including phenoxy) is 1. The van der Waals surface area contributed by atoms with Crippen molar-refractivity contribution in [2.24, 2.45) is 0 Å². The van der Waals surface area contributed by atoms with E-state index in [1.165, 1.54) is 66.8 Å². The van der Waals surface area contributed by atoms with Crippen molar-refractivity contribution in [1.29, 1.82) is 0 Å². The van der Waals surface area contributed by atoms with Crippen molar-refractivity contribution in [3.8, 4) is 33.8 Å². The highest BCUT2D eigenvalue weighted by atomic mass is 16.5. The van der Waals surface area contributed by atoms with E-state index >= 15 is 0 Å². The molecule has 3 aliphatic rings. The van der Waals surface area contributed by atoms with Crippen LogP contribution in [0.4, 0.5) is 17.1 Å². The third-order valence-electron chi connectivity index (χ3n) is 15.1. The van der Waals surface area contributed by atoms with Gasteiger partial charge in [0.05, 0.1) is 10.8 Å². The normalized spacial score (nSPS) is 14.9. The van der Waals surface area contributed by atoms with E-state index in [9.17, 15) is 0 Å². The van der Waals surface area contributed by atoms with Crippen molar-refractivity contribution in [2.75, 3.05) is 4.90 Å². The smallest absolute Gasteiger partial charge is 0.132 e. The van der Waals surface area contributed by atoms with E-state index in [0.29, 0.717) is 0 Å². The maximum atomic E-state index is 6.91. The van der Waals surface area contributed by atoms with E-state index in [-0.39, 0.29) is 5.41 Å². The van der Waals surface area contributed by atoms with Gasteiger partial charge in [-0.25, -0.2) is 0 Å². The number of fused-ring (bicyclic) bond motifs is 8. The molecule has 0 N–H and O–H groups in total. The second-order valence-electron chi connectivity index (χ2n) is 18.8. The first-order chi connectivity index (χ1) is 33.0. The van der Waals surface area contributed by atoms with Gasteiger partial charge in [-0.3, -0.25) is 0 Å². The summed E-state index contributed by atoms with van der Waals surface area (Å²) in [6.07, 6.45) is 0. The number of para-hydroxylation sites is 1. The molecule has 2 nitrogen and oxygen atoms in total. The molecule has 13 rings (SSSR count). The lowest BCUT2D eigenvalue weighted by Crippen LogP contribution is -2.34. The minimum Gasteiger partial charge on any atom is -0.457 e. The van der Waals surface area contributed by atoms with Gasteiger partial charge in [-0.05, 0) is 115 Å². The fourth-order valence-electron chi connectivity index (χ4n) is 12.2. The van der Waals surface area contributed by atoms with Crippen LogP contribution in [0.1, 0.15) is 69.5 Å². The van der Waals surface area contributed by atoms with Gasteiger partial charge in [-0.15, -0.1) is 0 Å². The molecule has 0 fully saturated rings. The van der Waals surface area contributed by atoms with E-state index in [2.05, 4.69) is 267 Å². The summed E-state index contributed by atoms with van der Waals surface area (Å²) in [5.74, 6) is 1.71. The lowest BCUT2D eigenvalue weighted by atomic mass is 9.63. The van der Waals surface area contributed by atoms with Crippen LogP contribution in [-0.2, 0) is 16.2 Å². The molecule has 0 spiro atoms. The Morgan fingerprint density at radius 2 is 0.657 bits per heavy atom. The molecule has 10 aromatic carbocycles. The average Bonchev–Trinajstić information content (AvgIpc) is 3.82. The molecule has 0 aromatic heterocycles. The second-order valence-corrected chi connectivity index (χ2v) is 18.8. The largest absolute Gasteiger partial charge is 0.457 e. The summed E-state index contributed by atoms with van der Waals surface area (Å²) in [4.78, 5) is 2.45. The number of hydrogen-bond donors (Lipinski definition) is 0. The van der Waals surface area contributed by atoms with Crippen molar-refractivity contribution in [1.82, 2.24) is 0 Å². The van der Waals surface area contributed by atoms with Crippen LogP contribution in [0.15, 0.2) is 249 Å². The standard InChI is InChI=1S/C65H47NO/c1-63(2)55-29-15-12-26-51(55)54-40-38-49(42-59(54)63)66(48-36-34-47(35-37-48)64(44-20-6-3-7-21-44)56-30-16-13-27-52(56)53-28-14-17-31-57(53)64)50-39-41-62-60(43-50)65(45-22-8-4-9-23-45,46-24-10-5-11-25-46)58-32-18-19-33-61(58)67-62/h3-43H,1-2H3. The molecule has 0 saturated heterocycles. The van der Waals surface area contributed by atoms with E-state index in [0.717, 1.165) is 39.7 Å². The van der Waals surface area contributed by atoms with Gasteiger partial charge in [0.15, 0.2) is 0 Å². The molecule has 0 bridgehead atoms. The number of nitrogens with zero attached hydrogens (tertiary/aromatic N) is 1. The van der Waals surface area contributed by atoms with Gasteiger partial charge in [-0.2, -0.15) is 0 Å². The Balaban J connectivity index is 1.05. The van der Waals surface area contributed by atoms with Crippen molar-refractivity contribution < 1.29 is 4.74 Å². The zero-order valence-corrected chi connectivity index (χ0v) is 37.5. The molecule has 1 heterocycles. The Bertz CT molecular complexity index is 3430. The zero-order chi connectivity index (χ0) is 44.7. The van der Waals surface area contributed by atoms with Crippen LogP contribution in [0.5, 0.6) is 11.5 Å². The Labute approximate surface area is 393 Å². The monoisotopic (exact) mass is 857 g/mol. The topological polar surface area (TPSA) is 12.5 Å². The Morgan fingerprint density at radius 3 is 1.22 bits per heavy atom. The van der Waals surface area contributed by atoms with Crippen LogP contribution in [0.2, 0.25) is 0 Å². The van der Waals surface area contributed by atoms with Crippen LogP contribution in [0.25, 0.3) is 22.3 Å². The summed E-state index contributed by atoms with van der Waals surface area (Å²) < 4.78 is 6.91. The van der Waals surface area contributed by atoms with Crippen LogP contribution >= 0.6 is 0 Å². The van der Waals surface area contributed by atoms with Crippen LogP contribution < -0.4 is 9.64 Å². The molecule has 0 amide bonds. The SMILES string of the molecule is CC1(C)c2ccccc2-c2ccc(N(c3ccc(C4(c5ccccc5)c5ccccc5-c5ccccc54)cc3)c3ccc4c(c3)C(c3ccccc3)(c3ccccc3)c3ccccc3O4)cc21. The van der Waals surface area contributed by atoms with Gasteiger partial charge in [-0.1, -0.05) is 214 Å². The molecule has 0 radical (unpaired) electrons. The summed E-state index contributed by atoms with van der Waals surface area (Å²) >= 11 is 0. The Kier molecular flexibility index (Phi) is 8.73. The maximum Gasteiger partial charge on any atom is 0.132 e. The molecule has 10 aromatic rings. The number of anilines is 3. The number of hydrogen-bond acceptors (Lipinski definition) is 2. The van der Waals surface area contributed by atoms with Gasteiger partial charge in [0, 0.05) is 33.6 Å². The first-order valence-corrected chi connectivity index (χ1v) is 23.4. The molecule has 318 valence electrons. The minimum absolute atomic E-state index is 0.175. The molecule has 1 aliphatic heterocycles. The van der Waals surface area contributed by atoms with Crippen LogP contribution in [0.3, 0.4) is 0 Å². The molecule has 0 atom stereocenters. The second kappa shape index (κ2) is 14.9. The summed E-state index contributed by atoms with van der Waals surface area (Å²) in [5, 5.41) is 0.